The molecule has 0 radical (unpaired) electrons. The molecular weight excluding hydrogens is 392 g/mol. The van der Waals surface area contributed by atoms with Crippen molar-refractivity contribution in [1.82, 2.24) is 0 Å². The fourth-order valence-corrected chi connectivity index (χ4v) is 7.18. The quantitative estimate of drug-likeness (QED) is 0.489. The predicted octanol–water partition coefficient (Wildman–Crippen LogP) is 3.31. The number of hydrogen-bond donors (Lipinski definition) is 0. The summed E-state index contributed by atoms with van der Waals surface area (Å²) in [5, 5.41) is 3.15. The summed E-state index contributed by atoms with van der Waals surface area (Å²) >= 11 is 2.04. The van der Waals surface area contributed by atoms with Gasteiger partial charge in [-0.25, -0.2) is 0 Å². The van der Waals surface area contributed by atoms with E-state index in [1.54, 1.807) is 0 Å². The topological polar surface area (TPSA) is 26.3 Å². The van der Waals surface area contributed by atoms with Crippen LogP contribution in [-0.2, 0) is 22.8 Å². The summed E-state index contributed by atoms with van der Waals surface area (Å²) in [6.07, 6.45) is 0. The van der Waals surface area contributed by atoms with Gasteiger partial charge in [0.2, 0.25) is 0 Å². The number of hydrogen-bond acceptors (Lipinski definition) is 2. The van der Waals surface area contributed by atoms with Crippen LogP contribution in [0.3, 0.4) is 0 Å². The number of rotatable bonds is 4. The third-order valence-electron chi connectivity index (χ3n) is 3.77. The fraction of sp³-hybridized carbons (Fsp3) is 0. The Balaban J connectivity index is 2.32. The van der Waals surface area contributed by atoms with Gasteiger partial charge < -0.3 is 0 Å². The molecule has 2 nitrogen and oxygen atoms in total. The van der Waals surface area contributed by atoms with Gasteiger partial charge in [0.05, 0.1) is 0 Å². The van der Waals surface area contributed by atoms with Crippen molar-refractivity contribution < 1.29 is 27.6 Å². The first-order valence-corrected chi connectivity index (χ1v) is 10.0. The Bertz CT molecular complexity index is 680. The molecule has 23 heavy (non-hydrogen) atoms. The van der Waals surface area contributed by atoms with Crippen LogP contribution in [0.25, 0.3) is 0 Å². The van der Waals surface area contributed by atoms with E-state index in [2.05, 4.69) is 0 Å². The van der Waals surface area contributed by atoms with E-state index in [0.717, 1.165) is 15.9 Å². The number of benzene rings is 3. The molecule has 3 aromatic carbocycles. The van der Waals surface area contributed by atoms with E-state index in [9.17, 15) is 4.79 Å². The van der Waals surface area contributed by atoms with Crippen LogP contribution in [0.1, 0.15) is 0 Å². The van der Waals surface area contributed by atoms with Gasteiger partial charge in [-0.2, -0.15) is 0 Å². The molecule has 0 aromatic heterocycles. The number of carbonyl (C=O) groups is 1. The first kappa shape index (κ1) is 16.1. The van der Waals surface area contributed by atoms with Crippen LogP contribution in [0.5, 0.6) is 0 Å². The van der Waals surface area contributed by atoms with Gasteiger partial charge in [0.15, 0.2) is 0 Å². The van der Waals surface area contributed by atoms with Gasteiger partial charge in [0, 0.05) is 0 Å². The Kier molecular flexibility index (Phi) is 5.01. The van der Waals surface area contributed by atoms with Crippen LogP contribution in [0, 0.1) is 0 Å². The van der Waals surface area contributed by atoms with E-state index in [1.807, 2.05) is 109 Å². The second-order valence-corrected chi connectivity index (χ2v) is 9.12. The molecule has 0 heterocycles. The van der Waals surface area contributed by atoms with Crippen molar-refractivity contribution in [3.63, 3.8) is 0 Å². The minimum atomic E-state index is -2.85. The van der Waals surface area contributed by atoms with Crippen molar-refractivity contribution in [2.24, 2.45) is 0 Å². The Labute approximate surface area is 146 Å². The molecule has 3 rings (SSSR count). The maximum atomic E-state index is 12.0. The van der Waals surface area contributed by atoms with Gasteiger partial charge in [0.1, 0.15) is 0 Å². The zero-order valence-electron chi connectivity index (χ0n) is 12.3. The molecule has 3 aromatic rings. The summed E-state index contributed by atoms with van der Waals surface area (Å²) in [5.41, 5.74) is 0. The van der Waals surface area contributed by atoms with E-state index in [1.165, 1.54) is 0 Å². The molecule has 0 unspecified atom stereocenters. The van der Waals surface area contributed by atoms with E-state index in [-0.39, 0.29) is 4.56 Å². The van der Waals surface area contributed by atoms with Gasteiger partial charge in [0.25, 0.3) is 0 Å². The molecule has 0 N–H and O–H groups in total. The van der Waals surface area contributed by atoms with Gasteiger partial charge in [-0.05, 0) is 0 Å². The summed E-state index contributed by atoms with van der Waals surface area (Å²) < 4.78 is 5.74. The molecule has 0 spiro atoms. The SMILES string of the molecule is O=[C]([Ru])O[PH](c1ccccc1)(c1ccccc1)c1ccccc1. The molecule has 0 amide bonds. The van der Waals surface area contributed by atoms with Gasteiger partial charge in [-0.3, -0.25) is 0 Å². The van der Waals surface area contributed by atoms with Crippen LogP contribution < -0.4 is 15.9 Å². The van der Waals surface area contributed by atoms with Gasteiger partial charge in [-0.15, -0.1) is 0 Å². The van der Waals surface area contributed by atoms with Crippen molar-refractivity contribution in [3.05, 3.63) is 91.0 Å². The average Bonchev–Trinajstić information content (AvgIpc) is 2.62. The van der Waals surface area contributed by atoms with Crippen LogP contribution >= 0.6 is 7.49 Å². The molecule has 0 saturated carbocycles. The molecule has 0 aliphatic rings. The van der Waals surface area contributed by atoms with Crippen molar-refractivity contribution in [1.29, 1.82) is 0 Å². The molecule has 4 heteroatoms. The third-order valence-corrected chi connectivity index (χ3v) is 8.20. The third kappa shape index (κ3) is 3.27. The molecule has 0 aliphatic carbocycles. The Morgan fingerprint density at radius 2 is 0.957 bits per heavy atom. The molecule has 0 saturated heterocycles. The van der Waals surface area contributed by atoms with Crippen molar-refractivity contribution in [2.45, 2.75) is 0 Å². The summed E-state index contributed by atoms with van der Waals surface area (Å²) in [6.45, 7) is 0. The summed E-state index contributed by atoms with van der Waals surface area (Å²) in [7, 11) is -2.85. The Morgan fingerprint density at radius 1 is 0.652 bits per heavy atom. The van der Waals surface area contributed by atoms with E-state index in [0.29, 0.717) is 0 Å². The monoisotopic (exact) mass is 409 g/mol. The van der Waals surface area contributed by atoms with Gasteiger partial charge >= 0.3 is 147 Å². The van der Waals surface area contributed by atoms with Crippen LogP contribution in [0.15, 0.2) is 91.0 Å². The molecule has 0 aliphatic heterocycles. The van der Waals surface area contributed by atoms with Crippen molar-refractivity contribution in [2.75, 3.05) is 0 Å². The summed E-state index contributed by atoms with van der Waals surface area (Å²) in [6, 6.07) is 30.1. The average molecular weight is 408 g/mol. The zero-order valence-corrected chi connectivity index (χ0v) is 15.1. The number of carbonyl (C=O) groups excluding carboxylic acids is 1. The molecule has 0 atom stereocenters. The van der Waals surface area contributed by atoms with Crippen LogP contribution in [0.2, 0.25) is 0 Å². The fourth-order valence-electron chi connectivity index (χ4n) is 2.81. The maximum absolute atomic E-state index is 12.0. The molecule has 0 bridgehead atoms. The predicted molar refractivity (Wildman–Crippen MR) is 93.0 cm³/mol. The normalized spacial score (nSPS) is 11.7. The minimum absolute atomic E-state index is 0.326. The van der Waals surface area contributed by atoms with Crippen LogP contribution in [-0.4, -0.2) is 4.56 Å². The van der Waals surface area contributed by atoms with E-state index < -0.39 is 7.49 Å². The molecule has 0 fully saturated rings. The van der Waals surface area contributed by atoms with Crippen molar-refractivity contribution >= 4 is 28.0 Å². The summed E-state index contributed by atoms with van der Waals surface area (Å²) in [4.78, 5) is 12.0. The second-order valence-electron chi connectivity index (χ2n) is 5.11. The second kappa shape index (κ2) is 7.17. The first-order chi connectivity index (χ1) is 11.2. The zero-order chi connectivity index (χ0) is 16.1. The molecule has 117 valence electrons. The van der Waals surface area contributed by atoms with E-state index in [4.69, 9.17) is 4.52 Å². The Hall–Kier alpha value is -1.82. The van der Waals surface area contributed by atoms with E-state index >= 15 is 0 Å². The van der Waals surface area contributed by atoms with Crippen LogP contribution in [0.4, 0.5) is 4.79 Å². The van der Waals surface area contributed by atoms with Crippen molar-refractivity contribution in [3.8, 4) is 0 Å². The molecular formula is C19H16O2PRu. The van der Waals surface area contributed by atoms with Gasteiger partial charge in [-0.1, -0.05) is 0 Å². The first-order valence-electron chi connectivity index (χ1n) is 7.27. The summed E-state index contributed by atoms with van der Waals surface area (Å²) in [5.74, 6) is 0. The Morgan fingerprint density at radius 3 is 1.22 bits per heavy atom. The standard InChI is InChI=1S/C19H16O2P.Ru/c20-16-21-22(17-10-4-1-5-11-17,18-12-6-2-7-13-18)19-14-8-3-9-15-19;/h1-15,22H;.